The van der Waals surface area contributed by atoms with Crippen molar-refractivity contribution in [1.82, 2.24) is 20.2 Å². The van der Waals surface area contributed by atoms with E-state index >= 15 is 0 Å². The molecule has 0 spiro atoms. The van der Waals surface area contributed by atoms with E-state index in [1.807, 2.05) is 85.8 Å². The van der Waals surface area contributed by atoms with E-state index in [0.717, 1.165) is 45.4 Å². The van der Waals surface area contributed by atoms with Crippen LogP contribution in [-0.2, 0) is 6.61 Å². The molecule has 1 aromatic carbocycles. The fourth-order valence-electron chi connectivity index (χ4n) is 3.11. The van der Waals surface area contributed by atoms with Crippen LogP contribution in [-0.4, -0.2) is 27.3 Å². The topological polar surface area (TPSA) is 72.9 Å². The maximum absolute atomic E-state index is 5.83. The zero-order chi connectivity index (χ0) is 22.2. The summed E-state index contributed by atoms with van der Waals surface area (Å²) in [5, 5.41) is 7.39. The first-order valence-electron chi connectivity index (χ1n) is 10.3. The maximum Gasteiger partial charge on any atom is 0.130 e. The van der Waals surface area contributed by atoms with Crippen LogP contribution in [0.1, 0.15) is 33.9 Å². The SMILES string of the molecule is COc1cc(OCc2ccccn2)ccc1/C=C/c1cc(/C=C/c2cccnc2C)[nH]n1. The normalized spacial score (nSPS) is 11.3. The van der Waals surface area contributed by atoms with Gasteiger partial charge in [-0.15, -0.1) is 0 Å². The van der Waals surface area contributed by atoms with Crippen LogP contribution in [0.4, 0.5) is 0 Å². The summed E-state index contributed by atoms with van der Waals surface area (Å²) in [5.41, 5.74) is 5.61. The first kappa shape index (κ1) is 21.1. The van der Waals surface area contributed by atoms with Gasteiger partial charge in [-0.2, -0.15) is 5.10 Å². The Morgan fingerprint density at radius 3 is 2.56 bits per heavy atom. The van der Waals surface area contributed by atoms with Gasteiger partial charge < -0.3 is 9.47 Å². The zero-order valence-corrected chi connectivity index (χ0v) is 18.0. The van der Waals surface area contributed by atoms with E-state index in [1.165, 1.54) is 0 Å². The molecule has 3 aromatic heterocycles. The predicted octanol–water partition coefficient (Wildman–Crippen LogP) is 5.44. The van der Waals surface area contributed by atoms with Crippen LogP contribution in [0.2, 0.25) is 0 Å². The van der Waals surface area contributed by atoms with Crippen molar-refractivity contribution >= 4 is 24.3 Å². The molecule has 0 bridgehead atoms. The molecule has 0 aliphatic rings. The Balaban J connectivity index is 1.42. The summed E-state index contributed by atoms with van der Waals surface area (Å²) >= 11 is 0. The number of H-pyrrole nitrogens is 1. The monoisotopic (exact) mass is 424 g/mol. The first-order valence-corrected chi connectivity index (χ1v) is 10.3. The Bertz CT molecular complexity index is 1230. The lowest BCUT2D eigenvalue weighted by molar-refractivity contribution is 0.299. The number of hydrogen-bond donors (Lipinski definition) is 1. The van der Waals surface area contributed by atoms with Gasteiger partial charge in [-0.05, 0) is 67.1 Å². The van der Waals surface area contributed by atoms with Gasteiger partial charge >= 0.3 is 0 Å². The fraction of sp³-hybridized carbons (Fsp3) is 0.115. The standard InChI is InChI=1S/C26H24N4O2/c1-19-20(6-5-15-27-19)8-11-22-16-23(30-29-22)12-9-21-10-13-25(17-26(21)31-2)32-18-24-7-3-4-14-28-24/h3-17H,18H2,1-2H3,(H,29,30)/b11-8+,12-9+. The number of hydrogen-bond acceptors (Lipinski definition) is 5. The number of nitrogens with zero attached hydrogens (tertiary/aromatic N) is 3. The number of aromatic nitrogens is 4. The molecule has 32 heavy (non-hydrogen) atoms. The van der Waals surface area contributed by atoms with Gasteiger partial charge in [-0.25, -0.2) is 0 Å². The molecule has 1 N–H and O–H groups in total. The van der Waals surface area contributed by atoms with Crippen LogP contribution in [0.15, 0.2) is 67.0 Å². The Labute approximate surface area is 187 Å². The van der Waals surface area contributed by atoms with E-state index in [4.69, 9.17) is 9.47 Å². The van der Waals surface area contributed by atoms with Crippen LogP contribution in [0.5, 0.6) is 11.5 Å². The van der Waals surface area contributed by atoms with Gasteiger partial charge in [0.2, 0.25) is 0 Å². The van der Waals surface area contributed by atoms with Crippen LogP contribution in [0.3, 0.4) is 0 Å². The zero-order valence-electron chi connectivity index (χ0n) is 18.0. The molecule has 0 aliphatic carbocycles. The summed E-state index contributed by atoms with van der Waals surface area (Å²) in [6, 6.07) is 17.4. The predicted molar refractivity (Wildman–Crippen MR) is 127 cm³/mol. The second-order valence-corrected chi connectivity index (χ2v) is 7.11. The van der Waals surface area contributed by atoms with Crippen molar-refractivity contribution in [1.29, 1.82) is 0 Å². The summed E-state index contributed by atoms with van der Waals surface area (Å²) in [6.45, 7) is 2.39. The molecule has 0 aliphatic heterocycles. The number of nitrogens with one attached hydrogen (secondary N) is 1. The molecule has 160 valence electrons. The molecule has 0 atom stereocenters. The van der Waals surface area contributed by atoms with Crippen molar-refractivity contribution in [2.75, 3.05) is 7.11 Å². The van der Waals surface area contributed by atoms with E-state index in [1.54, 1.807) is 19.5 Å². The molecular weight excluding hydrogens is 400 g/mol. The number of aromatic amines is 1. The lowest BCUT2D eigenvalue weighted by atomic mass is 10.1. The molecule has 6 nitrogen and oxygen atoms in total. The third-order valence-electron chi connectivity index (χ3n) is 4.86. The molecule has 0 fully saturated rings. The van der Waals surface area contributed by atoms with Crippen molar-refractivity contribution in [3.8, 4) is 11.5 Å². The van der Waals surface area contributed by atoms with Gasteiger partial charge in [0.15, 0.2) is 0 Å². The third-order valence-corrected chi connectivity index (χ3v) is 4.86. The first-order chi connectivity index (χ1) is 15.7. The Kier molecular flexibility index (Phi) is 6.72. The van der Waals surface area contributed by atoms with Crippen molar-refractivity contribution in [3.05, 3.63) is 101 Å². The van der Waals surface area contributed by atoms with Crippen LogP contribution < -0.4 is 9.47 Å². The average molecular weight is 425 g/mol. The van der Waals surface area contributed by atoms with Gasteiger partial charge in [0.25, 0.3) is 0 Å². The summed E-state index contributed by atoms with van der Waals surface area (Å²) in [7, 11) is 1.65. The number of rotatable bonds is 8. The maximum atomic E-state index is 5.83. The molecule has 4 aromatic rings. The minimum absolute atomic E-state index is 0.404. The number of aryl methyl sites for hydroxylation is 1. The lowest BCUT2D eigenvalue weighted by Gasteiger charge is -2.09. The Morgan fingerprint density at radius 2 is 1.75 bits per heavy atom. The molecular formula is C26H24N4O2. The molecule has 0 unspecified atom stereocenters. The van der Waals surface area contributed by atoms with Gasteiger partial charge in [0.1, 0.15) is 18.1 Å². The van der Waals surface area contributed by atoms with E-state index in [-0.39, 0.29) is 0 Å². The smallest absolute Gasteiger partial charge is 0.130 e. The molecule has 0 saturated heterocycles. The van der Waals surface area contributed by atoms with Gasteiger partial charge in [0, 0.05) is 29.7 Å². The molecule has 6 heteroatoms. The van der Waals surface area contributed by atoms with Gasteiger partial charge in [0.05, 0.1) is 24.2 Å². The highest BCUT2D eigenvalue weighted by Crippen LogP contribution is 2.27. The van der Waals surface area contributed by atoms with Crippen molar-refractivity contribution in [2.24, 2.45) is 0 Å². The summed E-state index contributed by atoms with van der Waals surface area (Å²) in [4.78, 5) is 8.57. The molecule has 0 amide bonds. The van der Waals surface area contributed by atoms with E-state index in [9.17, 15) is 0 Å². The van der Waals surface area contributed by atoms with Crippen LogP contribution in [0.25, 0.3) is 24.3 Å². The van der Waals surface area contributed by atoms with Gasteiger partial charge in [-0.1, -0.05) is 18.2 Å². The highest BCUT2D eigenvalue weighted by atomic mass is 16.5. The van der Waals surface area contributed by atoms with Crippen LogP contribution >= 0.6 is 0 Å². The second-order valence-electron chi connectivity index (χ2n) is 7.11. The number of ether oxygens (including phenoxy) is 2. The summed E-state index contributed by atoms with van der Waals surface area (Å²) in [5.74, 6) is 1.45. The number of benzene rings is 1. The molecule has 3 heterocycles. The summed E-state index contributed by atoms with van der Waals surface area (Å²) in [6.07, 6.45) is 11.5. The van der Waals surface area contributed by atoms with E-state index < -0.39 is 0 Å². The minimum atomic E-state index is 0.404. The summed E-state index contributed by atoms with van der Waals surface area (Å²) < 4.78 is 11.4. The Hall–Kier alpha value is -4.19. The molecule has 0 radical (unpaired) electrons. The van der Waals surface area contributed by atoms with Crippen molar-refractivity contribution in [3.63, 3.8) is 0 Å². The van der Waals surface area contributed by atoms with Gasteiger partial charge in [-0.3, -0.25) is 15.1 Å². The quantitative estimate of drug-likeness (QED) is 0.408. The lowest BCUT2D eigenvalue weighted by Crippen LogP contribution is -1.98. The average Bonchev–Trinajstić information content (AvgIpc) is 3.29. The van der Waals surface area contributed by atoms with Crippen molar-refractivity contribution < 1.29 is 9.47 Å². The fourth-order valence-corrected chi connectivity index (χ4v) is 3.11. The van der Waals surface area contributed by atoms with E-state index in [0.29, 0.717) is 6.61 Å². The highest BCUT2D eigenvalue weighted by molar-refractivity contribution is 5.74. The van der Waals surface area contributed by atoms with Crippen LogP contribution in [0, 0.1) is 6.92 Å². The third kappa shape index (κ3) is 5.49. The number of pyridine rings is 2. The number of methoxy groups -OCH3 is 1. The minimum Gasteiger partial charge on any atom is -0.496 e. The second kappa shape index (κ2) is 10.2. The highest BCUT2D eigenvalue weighted by Gasteiger charge is 2.05. The Morgan fingerprint density at radius 1 is 0.875 bits per heavy atom. The van der Waals surface area contributed by atoms with Crippen molar-refractivity contribution in [2.45, 2.75) is 13.5 Å². The molecule has 0 saturated carbocycles. The molecule has 4 rings (SSSR count). The largest absolute Gasteiger partial charge is 0.496 e. The van der Waals surface area contributed by atoms with E-state index in [2.05, 4.69) is 20.2 Å².